The summed E-state index contributed by atoms with van der Waals surface area (Å²) in [6.07, 6.45) is 5.39. The van der Waals surface area contributed by atoms with Crippen molar-refractivity contribution in [1.82, 2.24) is 0 Å². The molecular formula is C20H26INO4S. The van der Waals surface area contributed by atoms with E-state index in [1.165, 1.54) is 18.4 Å². The average molecular weight is 503 g/mol. The maximum Gasteiger partial charge on any atom is 0.350 e. The molecule has 1 aromatic rings. The summed E-state index contributed by atoms with van der Waals surface area (Å²) in [6.45, 7) is 2.25. The number of halogens is 1. The summed E-state index contributed by atoms with van der Waals surface area (Å²) in [5.41, 5.74) is 0.713. The summed E-state index contributed by atoms with van der Waals surface area (Å²) in [6, 6.07) is 2.04. The number of fused-ring (bicyclic) bond motifs is 1. The Bertz CT molecular complexity index is 742. The first kappa shape index (κ1) is 19.6. The van der Waals surface area contributed by atoms with E-state index in [0.29, 0.717) is 28.3 Å². The number of amides is 1. The van der Waals surface area contributed by atoms with Crippen molar-refractivity contribution in [3.8, 4) is 0 Å². The van der Waals surface area contributed by atoms with Gasteiger partial charge in [-0.3, -0.25) is 4.79 Å². The number of esters is 1. The third kappa shape index (κ3) is 3.44. The smallest absolute Gasteiger partial charge is 0.350 e. The Kier molecular flexibility index (Phi) is 5.55. The fourth-order valence-electron chi connectivity index (χ4n) is 4.98. The molecule has 5 nitrogen and oxygen atoms in total. The normalized spacial score (nSPS) is 34.8. The summed E-state index contributed by atoms with van der Waals surface area (Å²) in [5, 5.41) is 9.93. The van der Waals surface area contributed by atoms with Gasteiger partial charge in [0.05, 0.1) is 21.8 Å². The lowest BCUT2D eigenvalue weighted by molar-refractivity contribution is -0.134. The Morgan fingerprint density at radius 1 is 1.22 bits per heavy atom. The van der Waals surface area contributed by atoms with Crippen molar-refractivity contribution >= 4 is 51.5 Å². The molecule has 1 heterocycles. The summed E-state index contributed by atoms with van der Waals surface area (Å²) >= 11 is 3.58. The number of methoxy groups -OCH3 is 1. The van der Waals surface area contributed by atoms with Crippen LogP contribution in [-0.2, 0) is 9.53 Å². The topological polar surface area (TPSA) is 66.8 Å². The zero-order chi connectivity index (χ0) is 19.3. The minimum Gasteiger partial charge on any atom is -0.465 e. The van der Waals surface area contributed by atoms with E-state index in [0.717, 1.165) is 41.4 Å². The number of carbonyl (C=O) groups excluding carboxylic acids is 2. The Hall–Kier alpha value is -0.670. The van der Waals surface area contributed by atoms with E-state index in [9.17, 15) is 14.7 Å². The van der Waals surface area contributed by atoms with Crippen LogP contribution in [0.3, 0.4) is 0 Å². The second-order valence-electron chi connectivity index (χ2n) is 8.36. The second kappa shape index (κ2) is 7.63. The van der Waals surface area contributed by atoms with E-state index < -0.39 is 0 Å². The van der Waals surface area contributed by atoms with E-state index in [1.807, 2.05) is 11.0 Å². The van der Waals surface area contributed by atoms with Crippen molar-refractivity contribution in [2.75, 3.05) is 12.0 Å². The summed E-state index contributed by atoms with van der Waals surface area (Å²) < 4.78 is 5.95. The molecule has 4 rings (SSSR count). The van der Waals surface area contributed by atoms with Gasteiger partial charge in [-0.15, -0.1) is 11.3 Å². The van der Waals surface area contributed by atoms with Crippen LogP contribution in [0, 0.1) is 26.6 Å². The third-order valence-electron chi connectivity index (χ3n) is 6.81. The molecule has 0 aliphatic heterocycles. The minimum absolute atomic E-state index is 0.0355. The van der Waals surface area contributed by atoms with Gasteiger partial charge in [-0.1, -0.05) is 6.92 Å². The average Bonchev–Trinajstić information content (AvgIpc) is 3.03. The van der Waals surface area contributed by atoms with Crippen LogP contribution < -0.4 is 4.90 Å². The molecule has 3 fully saturated rings. The molecule has 1 amide bonds. The first-order valence-corrected chi connectivity index (χ1v) is 11.7. The third-order valence-corrected chi connectivity index (χ3v) is 8.68. The molecule has 3 saturated carbocycles. The first-order valence-electron chi connectivity index (χ1n) is 9.79. The molecule has 7 heteroatoms. The summed E-state index contributed by atoms with van der Waals surface area (Å²) in [4.78, 5) is 28.4. The van der Waals surface area contributed by atoms with Gasteiger partial charge in [-0.05, 0) is 84.9 Å². The lowest BCUT2D eigenvalue weighted by Crippen LogP contribution is -2.65. The SMILES string of the molecule is COC(=O)c1sc(I)cc1N(C(=O)C1CCC(C)CC1)[C@H]1CC2C(O)CC21. The Balaban J connectivity index is 1.65. The van der Waals surface area contributed by atoms with E-state index in [-0.39, 0.29) is 29.9 Å². The number of anilines is 1. The van der Waals surface area contributed by atoms with Crippen molar-refractivity contribution in [3.05, 3.63) is 13.8 Å². The molecule has 4 atom stereocenters. The molecule has 1 aromatic heterocycles. The van der Waals surface area contributed by atoms with E-state index in [1.54, 1.807) is 0 Å². The van der Waals surface area contributed by atoms with Crippen LogP contribution in [0.2, 0.25) is 0 Å². The van der Waals surface area contributed by atoms with Crippen molar-refractivity contribution in [1.29, 1.82) is 0 Å². The number of hydrogen-bond acceptors (Lipinski definition) is 5. The Morgan fingerprint density at radius 3 is 2.48 bits per heavy atom. The summed E-state index contributed by atoms with van der Waals surface area (Å²) in [7, 11) is 1.38. The molecule has 148 valence electrons. The lowest BCUT2D eigenvalue weighted by Gasteiger charge is -2.59. The maximum absolute atomic E-state index is 13.6. The molecule has 3 aliphatic rings. The zero-order valence-corrected chi connectivity index (χ0v) is 18.7. The van der Waals surface area contributed by atoms with Gasteiger partial charge in [0.25, 0.3) is 0 Å². The fourth-order valence-corrected chi connectivity index (χ4v) is 6.73. The molecular weight excluding hydrogens is 477 g/mol. The van der Waals surface area contributed by atoms with Gasteiger partial charge in [0.2, 0.25) is 5.91 Å². The minimum atomic E-state index is -0.377. The number of hydrogen-bond donors (Lipinski definition) is 1. The lowest BCUT2D eigenvalue weighted by atomic mass is 9.54. The zero-order valence-electron chi connectivity index (χ0n) is 15.7. The quantitative estimate of drug-likeness (QED) is 0.497. The van der Waals surface area contributed by atoms with Gasteiger partial charge >= 0.3 is 5.97 Å². The second-order valence-corrected chi connectivity index (χ2v) is 11.3. The number of carbonyl (C=O) groups is 2. The number of nitrogens with zero attached hydrogens (tertiary/aromatic N) is 1. The van der Waals surface area contributed by atoms with Crippen LogP contribution in [0.1, 0.15) is 55.1 Å². The standard InChI is InChI=1S/C20H26INO4S/c1-10-3-5-11(6-4-10)19(24)22(14-7-13-12(14)8-16(13)23)15-9-17(21)27-18(15)20(25)26-2/h9-14,16,23H,3-8H2,1-2H3/t10?,11?,12?,13?,14-,16?/m0/s1. The highest BCUT2D eigenvalue weighted by Crippen LogP contribution is 2.54. The first-order chi connectivity index (χ1) is 12.9. The van der Waals surface area contributed by atoms with Crippen LogP contribution in [0.5, 0.6) is 0 Å². The van der Waals surface area contributed by atoms with E-state index >= 15 is 0 Å². The van der Waals surface area contributed by atoms with Crippen LogP contribution in [-0.4, -0.2) is 36.2 Å². The monoisotopic (exact) mass is 503 g/mol. The molecule has 27 heavy (non-hydrogen) atoms. The molecule has 3 unspecified atom stereocenters. The van der Waals surface area contributed by atoms with Crippen LogP contribution in [0.25, 0.3) is 0 Å². The highest BCUT2D eigenvalue weighted by molar-refractivity contribution is 14.1. The van der Waals surface area contributed by atoms with Crippen LogP contribution in [0.4, 0.5) is 5.69 Å². The number of ether oxygens (including phenoxy) is 1. The van der Waals surface area contributed by atoms with E-state index in [2.05, 4.69) is 29.5 Å². The molecule has 0 aromatic carbocycles. The van der Waals surface area contributed by atoms with Crippen molar-refractivity contribution in [3.63, 3.8) is 0 Å². The van der Waals surface area contributed by atoms with Gasteiger partial charge in [-0.2, -0.15) is 0 Å². The van der Waals surface area contributed by atoms with Crippen LogP contribution in [0.15, 0.2) is 6.07 Å². The molecule has 3 aliphatic carbocycles. The number of aliphatic hydroxyl groups excluding tert-OH is 1. The van der Waals surface area contributed by atoms with Gasteiger partial charge in [-0.25, -0.2) is 4.79 Å². The predicted molar refractivity (Wildman–Crippen MR) is 113 cm³/mol. The number of thiophene rings is 1. The highest BCUT2D eigenvalue weighted by atomic mass is 127. The highest BCUT2D eigenvalue weighted by Gasteiger charge is 2.57. The fraction of sp³-hybridized carbons (Fsp3) is 0.700. The molecule has 0 saturated heterocycles. The number of rotatable bonds is 4. The van der Waals surface area contributed by atoms with Crippen molar-refractivity contribution in [2.45, 2.75) is 57.6 Å². The van der Waals surface area contributed by atoms with Gasteiger partial charge in [0.1, 0.15) is 4.88 Å². The largest absolute Gasteiger partial charge is 0.465 e. The maximum atomic E-state index is 13.6. The van der Waals surface area contributed by atoms with Gasteiger partial charge in [0, 0.05) is 12.0 Å². The predicted octanol–water partition coefficient (Wildman–Crippen LogP) is 4.07. The molecule has 0 spiro atoms. The molecule has 0 bridgehead atoms. The van der Waals surface area contributed by atoms with Gasteiger partial charge < -0.3 is 14.7 Å². The Morgan fingerprint density at radius 2 is 1.93 bits per heavy atom. The summed E-state index contributed by atoms with van der Waals surface area (Å²) in [5.74, 6) is 1.17. The van der Waals surface area contributed by atoms with Crippen molar-refractivity contribution < 1.29 is 19.4 Å². The molecule has 1 N–H and O–H groups in total. The Labute approximate surface area is 177 Å². The van der Waals surface area contributed by atoms with Crippen molar-refractivity contribution in [2.24, 2.45) is 23.7 Å². The van der Waals surface area contributed by atoms with Crippen LogP contribution >= 0.6 is 33.9 Å². The molecule has 0 radical (unpaired) electrons. The van der Waals surface area contributed by atoms with E-state index in [4.69, 9.17) is 4.74 Å². The number of aliphatic hydroxyl groups is 1. The van der Waals surface area contributed by atoms with Gasteiger partial charge in [0.15, 0.2) is 0 Å².